The van der Waals surface area contributed by atoms with Gasteiger partial charge in [-0.25, -0.2) is 0 Å². The van der Waals surface area contributed by atoms with E-state index in [4.69, 9.17) is 10.8 Å². The standard InChI is InChI=1S/C12H14N2O2/c1-6-3-7(2)11-8(4-6)5-9(14-11)10(13)12(15)16/h3-5,10,14H,13H2,1-2H3,(H,15,16). The molecule has 16 heavy (non-hydrogen) atoms. The van der Waals surface area contributed by atoms with Gasteiger partial charge in [0, 0.05) is 16.6 Å². The number of aromatic nitrogens is 1. The molecule has 1 unspecified atom stereocenters. The number of carboxylic acid groups (broad SMARTS) is 1. The van der Waals surface area contributed by atoms with Gasteiger partial charge in [-0.05, 0) is 31.5 Å². The minimum atomic E-state index is -1.03. The first-order valence-electron chi connectivity index (χ1n) is 5.07. The van der Waals surface area contributed by atoms with Crippen molar-refractivity contribution in [1.29, 1.82) is 0 Å². The second-order valence-electron chi connectivity index (χ2n) is 4.09. The molecule has 0 aliphatic carbocycles. The van der Waals surface area contributed by atoms with Gasteiger partial charge in [-0.3, -0.25) is 4.79 Å². The highest BCUT2D eigenvalue weighted by Crippen LogP contribution is 2.23. The highest BCUT2D eigenvalue weighted by atomic mass is 16.4. The van der Waals surface area contributed by atoms with Crippen LogP contribution < -0.4 is 5.73 Å². The molecule has 1 atom stereocenters. The Balaban J connectivity index is 2.60. The average molecular weight is 218 g/mol. The number of hydrogen-bond acceptors (Lipinski definition) is 2. The average Bonchev–Trinajstić information content (AvgIpc) is 2.60. The number of nitrogens with two attached hydrogens (primary N) is 1. The van der Waals surface area contributed by atoms with E-state index in [0.29, 0.717) is 5.69 Å². The third kappa shape index (κ3) is 1.67. The van der Waals surface area contributed by atoms with Crippen LogP contribution in [-0.4, -0.2) is 16.1 Å². The molecular formula is C12H14N2O2. The molecule has 2 rings (SSSR count). The molecule has 1 aromatic carbocycles. The van der Waals surface area contributed by atoms with E-state index >= 15 is 0 Å². The van der Waals surface area contributed by atoms with Gasteiger partial charge in [0.1, 0.15) is 6.04 Å². The van der Waals surface area contributed by atoms with Crippen LogP contribution in [0.5, 0.6) is 0 Å². The Labute approximate surface area is 93.1 Å². The van der Waals surface area contributed by atoms with Gasteiger partial charge in [0.15, 0.2) is 0 Å². The molecule has 0 bridgehead atoms. The number of rotatable bonds is 2. The summed E-state index contributed by atoms with van der Waals surface area (Å²) in [5.41, 5.74) is 9.30. The lowest BCUT2D eigenvalue weighted by atomic mass is 10.1. The topological polar surface area (TPSA) is 79.1 Å². The third-order valence-corrected chi connectivity index (χ3v) is 2.69. The Bertz CT molecular complexity index is 557. The number of aromatic amines is 1. The summed E-state index contributed by atoms with van der Waals surface area (Å²) in [7, 11) is 0. The van der Waals surface area contributed by atoms with Gasteiger partial charge >= 0.3 is 5.97 Å². The normalized spacial score (nSPS) is 12.9. The minimum absolute atomic E-state index is 0.538. The number of carboxylic acids is 1. The number of carbonyl (C=O) groups is 1. The number of fused-ring (bicyclic) bond motifs is 1. The van der Waals surface area contributed by atoms with Gasteiger partial charge in [0.25, 0.3) is 0 Å². The van der Waals surface area contributed by atoms with Crippen LogP contribution in [0.15, 0.2) is 18.2 Å². The summed E-state index contributed by atoms with van der Waals surface area (Å²) in [6, 6.07) is 4.87. The van der Waals surface area contributed by atoms with Gasteiger partial charge in [-0.15, -0.1) is 0 Å². The minimum Gasteiger partial charge on any atom is -0.480 e. The predicted molar refractivity (Wildman–Crippen MR) is 62.3 cm³/mol. The zero-order valence-corrected chi connectivity index (χ0v) is 9.24. The summed E-state index contributed by atoms with van der Waals surface area (Å²) in [4.78, 5) is 13.8. The fraction of sp³-hybridized carbons (Fsp3) is 0.250. The van der Waals surface area contributed by atoms with Crippen molar-refractivity contribution >= 4 is 16.9 Å². The van der Waals surface area contributed by atoms with E-state index in [1.165, 1.54) is 0 Å². The zero-order valence-electron chi connectivity index (χ0n) is 9.24. The number of nitrogens with one attached hydrogen (secondary N) is 1. The second-order valence-corrected chi connectivity index (χ2v) is 4.09. The molecule has 0 saturated carbocycles. The monoisotopic (exact) mass is 218 g/mol. The molecule has 0 saturated heterocycles. The summed E-state index contributed by atoms with van der Waals surface area (Å²) in [5, 5.41) is 9.84. The van der Waals surface area contributed by atoms with Crippen LogP contribution in [0, 0.1) is 13.8 Å². The lowest BCUT2D eigenvalue weighted by Crippen LogP contribution is -2.20. The lowest BCUT2D eigenvalue weighted by Gasteiger charge is -2.02. The van der Waals surface area contributed by atoms with Crippen molar-refractivity contribution < 1.29 is 9.90 Å². The van der Waals surface area contributed by atoms with Gasteiger partial charge in [-0.2, -0.15) is 0 Å². The fourth-order valence-corrected chi connectivity index (χ4v) is 1.93. The molecule has 0 spiro atoms. The summed E-state index contributed by atoms with van der Waals surface area (Å²) in [6.45, 7) is 4.00. The molecular weight excluding hydrogens is 204 g/mol. The van der Waals surface area contributed by atoms with Crippen molar-refractivity contribution in [3.05, 3.63) is 35.0 Å². The number of hydrogen-bond donors (Lipinski definition) is 3. The molecule has 0 aliphatic rings. The highest BCUT2D eigenvalue weighted by Gasteiger charge is 2.17. The molecule has 84 valence electrons. The largest absolute Gasteiger partial charge is 0.480 e. The molecule has 4 heteroatoms. The van der Waals surface area contributed by atoms with Gasteiger partial charge in [0.05, 0.1) is 0 Å². The van der Waals surface area contributed by atoms with Gasteiger partial charge < -0.3 is 15.8 Å². The number of benzene rings is 1. The van der Waals surface area contributed by atoms with Crippen molar-refractivity contribution in [2.75, 3.05) is 0 Å². The van der Waals surface area contributed by atoms with E-state index in [-0.39, 0.29) is 0 Å². The number of aliphatic carboxylic acids is 1. The van der Waals surface area contributed by atoms with E-state index < -0.39 is 12.0 Å². The number of aryl methyl sites for hydroxylation is 2. The predicted octanol–water partition coefficient (Wildman–Crippen LogP) is 1.87. The second kappa shape index (κ2) is 3.64. The van der Waals surface area contributed by atoms with E-state index in [1.54, 1.807) is 6.07 Å². The van der Waals surface area contributed by atoms with Crippen LogP contribution in [0.1, 0.15) is 22.9 Å². The van der Waals surface area contributed by atoms with Crippen LogP contribution >= 0.6 is 0 Å². The Morgan fingerprint density at radius 1 is 1.38 bits per heavy atom. The molecule has 0 amide bonds. The highest BCUT2D eigenvalue weighted by molar-refractivity contribution is 5.86. The maximum absolute atomic E-state index is 10.8. The van der Waals surface area contributed by atoms with E-state index in [9.17, 15) is 4.79 Å². The van der Waals surface area contributed by atoms with Crippen molar-refractivity contribution in [3.63, 3.8) is 0 Å². The van der Waals surface area contributed by atoms with Crippen molar-refractivity contribution in [3.8, 4) is 0 Å². The number of H-pyrrole nitrogens is 1. The fourth-order valence-electron chi connectivity index (χ4n) is 1.93. The first-order chi connectivity index (χ1) is 7.49. The van der Waals surface area contributed by atoms with E-state index in [2.05, 4.69) is 11.1 Å². The summed E-state index contributed by atoms with van der Waals surface area (Å²) < 4.78 is 0. The first-order valence-corrected chi connectivity index (χ1v) is 5.07. The van der Waals surface area contributed by atoms with E-state index in [1.807, 2.05) is 19.9 Å². The van der Waals surface area contributed by atoms with Crippen LogP contribution in [0.25, 0.3) is 10.9 Å². The maximum atomic E-state index is 10.8. The Morgan fingerprint density at radius 2 is 2.06 bits per heavy atom. The smallest absolute Gasteiger partial charge is 0.326 e. The summed E-state index contributed by atoms with van der Waals surface area (Å²) in [5.74, 6) is -1.03. The zero-order chi connectivity index (χ0) is 11.9. The maximum Gasteiger partial charge on any atom is 0.326 e. The molecule has 0 fully saturated rings. The molecule has 1 aromatic heterocycles. The summed E-state index contributed by atoms with van der Waals surface area (Å²) in [6.07, 6.45) is 0. The van der Waals surface area contributed by atoms with Gasteiger partial charge in [0.2, 0.25) is 0 Å². The van der Waals surface area contributed by atoms with Crippen LogP contribution in [0.2, 0.25) is 0 Å². The summed E-state index contributed by atoms with van der Waals surface area (Å²) >= 11 is 0. The quantitative estimate of drug-likeness (QED) is 0.720. The van der Waals surface area contributed by atoms with E-state index in [0.717, 1.165) is 22.0 Å². The molecule has 4 nitrogen and oxygen atoms in total. The molecule has 1 heterocycles. The van der Waals surface area contributed by atoms with Crippen molar-refractivity contribution in [2.45, 2.75) is 19.9 Å². The molecule has 4 N–H and O–H groups in total. The van der Waals surface area contributed by atoms with Crippen molar-refractivity contribution in [1.82, 2.24) is 4.98 Å². The first kappa shape index (κ1) is 10.7. The SMILES string of the molecule is Cc1cc(C)c2[nH]c(C(N)C(=O)O)cc2c1. The van der Waals surface area contributed by atoms with Gasteiger partial charge in [-0.1, -0.05) is 11.6 Å². The van der Waals surface area contributed by atoms with Crippen LogP contribution in [0.4, 0.5) is 0 Å². The van der Waals surface area contributed by atoms with Crippen molar-refractivity contribution in [2.24, 2.45) is 5.73 Å². The molecule has 0 aliphatic heterocycles. The Hall–Kier alpha value is -1.81. The molecule has 2 aromatic rings. The molecule has 0 radical (unpaired) electrons. The Kier molecular flexibility index (Phi) is 2.44. The van der Waals surface area contributed by atoms with Crippen LogP contribution in [-0.2, 0) is 4.79 Å². The van der Waals surface area contributed by atoms with Crippen LogP contribution in [0.3, 0.4) is 0 Å². The Morgan fingerprint density at radius 3 is 2.69 bits per heavy atom. The third-order valence-electron chi connectivity index (χ3n) is 2.69. The lowest BCUT2D eigenvalue weighted by molar-refractivity contribution is -0.138.